The molecule has 3 heteroatoms. The lowest BCUT2D eigenvalue weighted by atomic mass is 9.99. The van der Waals surface area contributed by atoms with Crippen LogP contribution in [0.4, 0.5) is 0 Å². The van der Waals surface area contributed by atoms with Gasteiger partial charge in [0.25, 0.3) is 0 Å². The molecule has 0 spiro atoms. The Bertz CT molecular complexity index is 545. The van der Waals surface area contributed by atoms with Gasteiger partial charge < -0.3 is 14.5 Å². The Hall–Kier alpha value is -1.74. The van der Waals surface area contributed by atoms with Crippen LogP contribution in [-0.2, 0) is 0 Å². The number of ether oxygens (including phenoxy) is 1. The standard InChI is InChI=1S/C16H21NO2/c1-5-17-16(14-9-12(3)19-10-14)13-6-7-15(18-4)11(2)8-13/h6-10,16-17H,5H2,1-4H3. The highest BCUT2D eigenvalue weighted by Gasteiger charge is 2.16. The average molecular weight is 259 g/mol. The van der Waals surface area contributed by atoms with Gasteiger partial charge in [-0.3, -0.25) is 0 Å². The Labute approximate surface area is 114 Å². The number of furan rings is 1. The molecule has 0 saturated heterocycles. The molecule has 1 N–H and O–H groups in total. The fourth-order valence-corrected chi connectivity index (χ4v) is 2.33. The molecule has 1 unspecified atom stereocenters. The van der Waals surface area contributed by atoms with Gasteiger partial charge in [0.2, 0.25) is 0 Å². The van der Waals surface area contributed by atoms with Crippen molar-refractivity contribution in [3.63, 3.8) is 0 Å². The summed E-state index contributed by atoms with van der Waals surface area (Å²) in [4.78, 5) is 0. The van der Waals surface area contributed by atoms with Crippen molar-refractivity contribution in [1.82, 2.24) is 5.32 Å². The fraction of sp³-hybridized carbons (Fsp3) is 0.375. The minimum Gasteiger partial charge on any atom is -0.496 e. The van der Waals surface area contributed by atoms with Crippen LogP contribution < -0.4 is 10.1 Å². The summed E-state index contributed by atoms with van der Waals surface area (Å²) in [6, 6.07) is 8.51. The van der Waals surface area contributed by atoms with Crippen molar-refractivity contribution in [2.75, 3.05) is 13.7 Å². The molecule has 0 aliphatic carbocycles. The second kappa shape index (κ2) is 5.93. The van der Waals surface area contributed by atoms with Gasteiger partial charge in [0.05, 0.1) is 19.4 Å². The zero-order chi connectivity index (χ0) is 13.8. The molecule has 2 aromatic rings. The van der Waals surface area contributed by atoms with Gasteiger partial charge in [0.1, 0.15) is 11.5 Å². The topological polar surface area (TPSA) is 34.4 Å². The highest BCUT2D eigenvalue weighted by Crippen LogP contribution is 2.27. The molecule has 1 aromatic heterocycles. The quantitative estimate of drug-likeness (QED) is 0.890. The third kappa shape index (κ3) is 2.99. The lowest BCUT2D eigenvalue weighted by molar-refractivity contribution is 0.411. The molecule has 3 nitrogen and oxygen atoms in total. The molecule has 0 radical (unpaired) electrons. The first kappa shape index (κ1) is 13.7. The molecule has 102 valence electrons. The summed E-state index contributed by atoms with van der Waals surface area (Å²) < 4.78 is 10.7. The van der Waals surface area contributed by atoms with Crippen molar-refractivity contribution in [2.24, 2.45) is 0 Å². The summed E-state index contributed by atoms with van der Waals surface area (Å²) in [5.41, 5.74) is 3.52. The maximum atomic E-state index is 5.42. The lowest BCUT2D eigenvalue weighted by Gasteiger charge is -2.18. The third-order valence-corrected chi connectivity index (χ3v) is 3.24. The van der Waals surface area contributed by atoms with Gasteiger partial charge in [-0.05, 0) is 43.7 Å². The largest absolute Gasteiger partial charge is 0.496 e. The Kier molecular flexibility index (Phi) is 4.27. The van der Waals surface area contributed by atoms with Crippen LogP contribution in [0.3, 0.4) is 0 Å². The van der Waals surface area contributed by atoms with Crippen LogP contribution in [0.15, 0.2) is 34.9 Å². The van der Waals surface area contributed by atoms with Gasteiger partial charge in [-0.15, -0.1) is 0 Å². The van der Waals surface area contributed by atoms with Gasteiger partial charge in [-0.25, -0.2) is 0 Å². The number of rotatable bonds is 5. The molecular weight excluding hydrogens is 238 g/mol. The van der Waals surface area contributed by atoms with Gasteiger partial charge >= 0.3 is 0 Å². The van der Waals surface area contributed by atoms with E-state index in [2.05, 4.69) is 37.4 Å². The van der Waals surface area contributed by atoms with Gasteiger partial charge in [-0.2, -0.15) is 0 Å². The fourth-order valence-electron chi connectivity index (χ4n) is 2.33. The van der Waals surface area contributed by atoms with Crippen molar-refractivity contribution < 1.29 is 9.15 Å². The first-order chi connectivity index (χ1) is 9.15. The number of methoxy groups -OCH3 is 1. The van der Waals surface area contributed by atoms with E-state index in [1.807, 2.05) is 19.3 Å². The number of benzene rings is 1. The SMILES string of the molecule is CCNC(c1coc(C)c1)c1ccc(OC)c(C)c1. The minimum atomic E-state index is 0.159. The van der Waals surface area contributed by atoms with E-state index in [1.54, 1.807) is 7.11 Å². The van der Waals surface area contributed by atoms with Crippen LogP contribution in [0.1, 0.15) is 35.4 Å². The monoisotopic (exact) mass is 259 g/mol. The van der Waals surface area contributed by atoms with Gasteiger partial charge in [0.15, 0.2) is 0 Å². The van der Waals surface area contributed by atoms with E-state index in [4.69, 9.17) is 9.15 Å². The normalized spacial score (nSPS) is 12.4. The van der Waals surface area contributed by atoms with E-state index in [9.17, 15) is 0 Å². The maximum Gasteiger partial charge on any atom is 0.121 e. The van der Waals surface area contributed by atoms with E-state index >= 15 is 0 Å². The Morgan fingerprint density at radius 2 is 2.00 bits per heavy atom. The van der Waals surface area contributed by atoms with Crippen LogP contribution in [0, 0.1) is 13.8 Å². The summed E-state index contributed by atoms with van der Waals surface area (Å²) in [6.07, 6.45) is 1.82. The molecule has 1 atom stereocenters. The van der Waals surface area contributed by atoms with Crippen LogP contribution in [0.2, 0.25) is 0 Å². The average Bonchev–Trinajstić information content (AvgIpc) is 2.82. The van der Waals surface area contributed by atoms with E-state index < -0.39 is 0 Å². The summed E-state index contributed by atoms with van der Waals surface area (Å²) in [5.74, 6) is 1.85. The predicted molar refractivity (Wildman–Crippen MR) is 76.7 cm³/mol. The minimum absolute atomic E-state index is 0.159. The van der Waals surface area contributed by atoms with Crippen molar-refractivity contribution in [3.8, 4) is 5.75 Å². The molecule has 2 rings (SSSR count). The molecule has 1 heterocycles. The molecule has 0 amide bonds. The van der Waals surface area contributed by atoms with Gasteiger partial charge in [0, 0.05) is 5.56 Å². The molecular formula is C16H21NO2. The van der Waals surface area contributed by atoms with Gasteiger partial charge in [-0.1, -0.05) is 19.1 Å². The number of hydrogen-bond donors (Lipinski definition) is 1. The molecule has 1 aromatic carbocycles. The van der Waals surface area contributed by atoms with Crippen LogP contribution in [0.5, 0.6) is 5.75 Å². The summed E-state index contributed by atoms with van der Waals surface area (Å²) in [7, 11) is 1.70. The molecule has 0 saturated carbocycles. The van der Waals surface area contributed by atoms with Crippen molar-refractivity contribution >= 4 is 0 Å². The lowest BCUT2D eigenvalue weighted by Crippen LogP contribution is -2.21. The number of nitrogens with one attached hydrogen (secondary N) is 1. The Balaban J connectivity index is 2.36. The molecule has 0 aliphatic rings. The third-order valence-electron chi connectivity index (χ3n) is 3.24. The predicted octanol–water partition coefficient (Wildman–Crippen LogP) is 3.60. The van der Waals surface area contributed by atoms with Crippen LogP contribution in [0.25, 0.3) is 0 Å². The molecule has 19 heavy (non-hydrogen) atoms. The molecule has 0 fully saturated rings. The second-order valence-corrected chi connectivity index (χ2v) is 4.71. The Morgan fingerprint density at radius 3 is 2.53 bits per heavy atom. The van der Waals surface area contributed by atoms with Crippen molar-refractivity contribution in [2.45, 2.75) is 26.8 Å². The van der Waals surface area contributed by atoms with E-state index in [0.29, 0.717) is 0 Å². The zero-order valence-electron chi connectivity index (χ0n) is 12.0. The number of aryl methyl sites for hydroxylation is 2. The molecule has 0 bridgehead atoms. The Morgan fingerprint density at radius 1 is 1.21 bits per heavy atom. The van der Waals surface area contributed by atoms with E-state index in [0.717, 1.165) is 29.2 Å². The van der Waals surface area contributed by atoms with E-state index in [-0.39, 0.29) is 6.04 Å². The zero-order valence-corrected chi connectivity index (χ0v) is 12.0. The first-order valence-corrected chi connectivity index (χ1v) is 6.58. The highest BCUT2D eigenvalue weighted by atomic mass is 16.5. The summed E-state index contributed by atoms with van der Waals surface area (Å²) in [5, 5.41) is 3.49. The van der Waals surface area contributed by atoms with Crippen LogP contribution in [-0.4, -0.2) is 13.7 Å². The highest BCUT2D eigenvalue weighted by molar-refractivity contribution is 5.40. The number of hydrogen-bond acceptors (Lipinski definition) is 3. The van der Waals surface area contributed by atoms with E-state index in [1.165, 1.54) is 5.56 Å². The first-order valence-electron chi connectivity index (χ1n) is 6.58. The molecule has 0 aliphatic heterocycles. The summed E-state index contributed by atoms with van der Waals surface area (Å²) in [6.45, 7) is 7.04. The van der Waals surface area contributed by atoms with Crippen molar-refractivity contribution in [3.05, 3.63) is 53.0 Å². The summed E-state index contributed by atoms with van der Waals surface area (Å²) >= 11 is 0. The van der Waals surface area contributed by atoms with Crippen LogP contribution >= 0.6 is 0 Å². The maximum absolute atomic E-state index is 5.42. The van der Waals surface area contributed by atoms with Crippen molar-refractivity contribution in [1.29, 1.82) is 0 Å². The second-order valence-electron chi connectivity index (χ2n) is 4.71. The smallest absolute Gasteiger partial charge is 0.121 e.